The number of hydrogen-bond donors (Lipinski definition) is 0. The zero-order chi connectivity index (χ0) is 19.2. The first-order valence-corrected chi connectivity index (χ1v) is 9.93. The molecule has 0 N–H and O–H groups in total. The van der Waals surface area contributed by atoms with Gasteiger partial charge in [0, 0.05) is 12.2 Å². The van der Waals surface area contributed by atoms with Crippen LogP contribution in [0.3, 0.4) is 0 Å². The zero-order valence-electron chi connectivity index (χ0n) is 16.0. The zero-order valence-corrected chi connectivity index (χ0v) is 16.0. The quantitative estimate of drug-likeness (QED) is 0.486. The molecule has 1 nitrogen and oxygen atoms in total. The monoisotopic (exact) mass is 370 g/mol. The second-order valence-electron chi connectivity index (χ2n) is 7.30. The van der Waals surface area contributed by atoms with Crippen molar-refractivity contribution in [2.75, 3.05) is 6.61 Å². The van der Waals surface area contributed by atoms with Crippen LogP contribution in [0.25, 0.3) is 11.1 Å². The number of halogens is 2. The van der Waals surface area contributed by atoms with Crippen molar-refractivity contribution in [1.29, 1.82) is 0 Å². The predicted octanol–water partition coefficient (Wildman–Crippen LogP) is 6.81. The van der Waals surface area contributed by atoms with Crippen LogP contribution in [-0.2, 0) is 11.2 Å². The van der Waals surface area contributed by atoms with Crippen LogP contribution in [0.1, 0.15) is 56.1 Å². The average molecular weight is 370 g/mol. The van der Waals surface area contributed by atoms with E-state index in [1.807, 2.05) is 13.0 Å². The molecule has 0 radical (unpaired) electrons. The summed E-state index contributed by atoms with van der Waals surface area (Å²) in [6.45, 7) is 6.44. The molecule has 0 unspecified atom stereocenters. The molecular formula is C24H28F2O. The van der Waals surface area contributed by atoms with E-state index in [0.29, 0.717) is 35.1 Å². The summed E-state index contributed by atoms with van der Waals surface area (Å²) >= 11 is 0. The Hall–Kier alpha value is -2.00. The minimum atomic E-state index is -0.285. The molecule has 3 rings (SSSR count). The van der Waals surface area contributed by atoms with Crippen molar-refractivity contribution in [2.24, 2.45) is 0 Å². The molecule has 0 aromatic heterocycles. The standard InChI is InChI=1S/C24H28F2O/c1-3-5-6-18-7-8-20(16-23(18)25)22-14-11-19(15-24(22)26)17-9-12-21(13-10-17)27-4-2/h3,7-8,11,14-17,21H,1,4-6,9-10,12-13H2,2H3. The fourth-order valence-electron chi connectivity index (χ4n) is 3.99. The van der Waals surface area contributed by atoms with Crippen LogP contribution in [0.15, 0.2) is 49.1 Å². The summed E-state index contributed by atoms with van der Waals surface area (Å²) in [5, 5.41) is 0. The number of hydrogen-bond acceptors (Lipinski definition) is 1. The first-order chi connectivity index (χ1) is 13.1. The van der Waals surface area contributed by atoms with Crippen molar-refractivity contribution in [3.63, 3.8) is 0 Å². The molecule has 1 fully saturated rings. The number of ether oxygens (including phenoxy) is 1. The highest BCUT2D eigenvalue weighted by molar-refractivity contribution is 5.65. The number of aryl methyl sites for hydroxylation is 1. The van der Waals surface area contributed by atoms with Crippen molar-refractivity contribution in [3.05, 3.63) is 71.8 Å². The van der Waals surface area contributed by atoms with E-state index in [4.69, 9.17) is 4.74 Å². The fourth-order valence-corrected chi connectivity index (χ4v) is 3.99. The normalized spacial score (nSPS) is 19.8. The maximum atomic E-state index is 14.8. The first-order valence-electron chi connectivity index (χ1n) is 9.93. The van der Waals surface area contributed by atoms with Crippen molar-refractivity contribution in [1.82, 2.24) is 0 Å². The van der Waals surface area contributed by atoms with Gasteiger partial charge in [0.1, 0.15) is 11.6 Å². The third-order valence-electron chi connectivity index (χ3n) is 5.52. The summed E-state index contributed by atoms with van der Waals surface area (Å²) in [5.41, 5.74) is 2.71. The molecule has 27 heavy (non-hydrogen) atoms. The van der Waals surface area contributed by atoms with E-state index in [2.05, 4.69) is 6.58 Å². The molecular weight excluding hydrogens is 342 g/mol. The van der Waals surface area contributed by atoms with Crippen LogP contribution in [0.2, 0.25) is 0 Å². The van der Waals surface area contributed by atoms with Gasteiger partial charge in [-0.05, 0) is 80.2 Å². The predicted molar refractivity (Wildman–Crippen MR) is 107 cm³/mol. The largest absolute Gasteiger partial charge is 0.379 e. The minimum absolute atomic E-state index is 0.280. The molecule has 144 valence electrons. The SMILES string of the molecule is C=CCCc1ccc(-c2ccc(C3CCC(OCC)CC3)cc2F)cc1F. The third-order valence-corrected chi connectivity index (χ3v) is 5.52. The van der Waals surface area contributed by atoms with Crippen LogP contribution in [0.4, 0.5) is 8.78 Å². The molecule has 0 amide bonds. The Morgan fingerprint density at radius 1 is 1.04 bits per heavy atom. The van der Waals surface area contributed by atoms with Gasteiger partial charge in [-0.25, -0.2) is 8.78 Å². The van der Waals surface area contributed by atoms with Crippen molar-refractivity contribution in [2.45, 2.75) is 57.5 Å². The van der Waals surface area contributed by atoms with Gasteiger partial charge in [-0.3, -0.25) is 0 Å². The summed E-state index contributed by atoms with van der Waals surface area (Å²) in [6.07, 6.45) is 7.56. The molecule has 0 spiro atoms. The Labute approximate surface area is 161 Å². The molecule has 1 saturated carbocycles. The molecule has 3 heteroatoms. The van der Waals surface area contributed by atoms with Gasteiger partial charge in [0.05, 0.1) is 6.10 Å². The summed E-state index contributed by atoms with van der Waals surface area (Å²) in [7, 11) is 0. The van der Waals surface area contributed by atoms with Gasteiger partial charge in [-0.15, -0.1) is 6.58 Å². The van der Waals surface area contributed by atoms with E-state index in [1.165, 1.54) is 6.07 Å². The maximum Gasteiger partial charge on any atom is 0.131 e. The lowest BCUT2D eigenvalue weighted by molar-refractivity contribution is 0.0328. The van der Waals surface area contributed by atoms with Gasteiger partial charge in [0.25, 0.3) is 0 Å². The Bertz CT molecular complexity index is 776. The second-order valence-corrected chi connectivity index (χ2v) is 7.30. The molecule has 1 aliphatic carbocycles. The summed E-state index contributed by atoms with van der Waals surface area (Å²) in [5.74, 6) is -0.187. The van der Waals surface area contributed by atoms with E-state index in [-0.39, 0.29) is 11.6 Å². The molecule has 2 aromatic rings. The summed E-state index contributed by atoms with van der Waals surface area (Å²) in [4.78, 5) is 0. The topological polar surface area (TPSA) is 9.23 Å². The van der Waals surface area contributed by atoms with Gasteiger partial charge in [0.15, 0.2) is 0 Å². The molecule has 0 aliphatic heterocycles. The van der Waals surface area contributed by atoms with Crippen LogP contribution < -0.4 is 0 Å². The lowest BCUT2D eigenvalue weighted by Crippen LogP contribution is -2.20. The Kier molecular flexibility index (Phi) is 6.78. The smallest absolute Gasteiger partial charge is 0.131 e. The molecule has 2 aromatic carbocycles. The number of rotatable bonds is 7. The van der Waals surface area contributed by atoms with Gasteiger partial charge >= 0.3 is 0 Å². The van der Waals surface area contributed by atoms with E-state index in [1.54, 1.807) is 30.3 Å². The van der Waals surface area contributed by atoms with Crippen molar-refractivity contribution in [3.8, 4) is 11.1 Å². The Morgan fingerprint density at radius 3 is 2.44 bits per heavy atom. The van der Waals surface area contributed by atoms with Gasteiger partial charge < -0.3 is 4.74 Å². The Morgan fingerprint density at radius 2 is 1.81 bits per heavy atom. The van der Waals surface area contributed by atoms with E-state index < -0.39 is 0 Å². The lowest BCUT2D eigenvalue weighted by Gasteiger charge is -2.28. The number of benzene rings is 2. The van der Waals surface area contributed by atoms with Gasteiger partial charge in [0.2, 0.25) is 0 Å². The summed E-state index contributed by atoms with van der Waals surface area (Å²) < 4.78 is 34.8. The van der Waals surface area contributed by atoms with E-state index in [9.17, 15) is 8.78 Å². The summed E-state index contributed by atoms with van der Waals surface area (Å²) in [6, 6.07) is 10.4. The van der Waals surface area contributed by atoms with Crippen molar-refractivity contribution >= 4 is 0 Å². The van der Waals surface area contributed by atoms with Crippen LogP contribution in [-0.4, -0.2) is 12.7 Å². The van der Waals surface area contributed by atoms with Crippen LogP contribution in [0.5, 0.6) is 0 Å². The van der Waals surface area contributed by atoms with Crippen molar-refractivity contribution < 1.29 is 13.5 Å². The Balaban J connectivity index is 1.73. The molecule has 0 heterocycles. The third kappa shape index (κ3) is 4.84. The van der Waals surface area contributed by atoms with Gasteiger partial charge in [-0.1, -0.05) is 30.3 Å². The van der Waals surface area contributed by atoms with Crippen LogP contribution >= 0.6 is 0 Å². The van der Waals surface area contributed by atoms with E-state index in [0.717, 1.165) is 44.3 Å². The second kappa shape index (κ2) is 9.27. The lowest BCUT2D eigenvalue weighted by atomic mass is 9.82. The highest BCUT2D eigenvalue weighted by Crippen LogP contribution is 2.36. The maximum absolute atomic E-state index is 14.8. The fraction of sp³-hybridized carbons (Fsp3) is 0.417. The van der Waals surface area contributed by atoms with Gasteiger partial charge in [-0.2, -0.15) is 0 Å². The van der Waals surface area contributed by atoms with E-state index >= 15 is 0 Å². The molecule has 1 aliphatic rings. The van der Waals surface area contributed by atoms with Crippen LogP contribution in [0, 0.1) is 11.6 Å². The minimum Gasteiger partial charge on any atom is -0.379 e. The number of allylic oxidation sites excluding steroid dienone is 1. The highest BCUT2D eigenvalue weighted by atomic mass is 19.1. The molecule has 0 bridgehead atoms. The molecule has 0 atom stereocenters. The highest BCUT2D eigenvalue weighted by Gasteiger charge is 2.23. The average Bonchev–Trinajstić information content (AvgIpc) is 2.68. The molecule has 0 saturated heterocycles. The first kappa shape index (κ1) is 19.8.